The van der Waals surface area contributed by atoms with Gasteiger partial charge in [-0.1, -0.05) is 6.07 Å². The maximum atomic E-state index is 11.7. The molecule has 2 aromatic heterocycles. The summed E-state index contributed by atoms with van der Waals surface area (Å²) in [5.41, 5.74) is 0.869. The predicted octanol–water partition coefficient (Wildman–Crippen LogP) is 1.12. The van der Waals surface area contributed by atoms with Crippen molar-refractivity contribution >= 4 is 11.8 Å². The van der Waals surface area contributed by atoms with E-state index < -0.39 is 0 Å². The van der Waals surface area contributed by atoms with Crippen molar-refractivity contribution in [2.24, 2.45) is 0 Å². The van der Waals surface area contributed by atoms with Gasteiger partial charge in [-0.05, 0) is 17.7 Å². The third-order valence-electron chi connectivity index (χ3n) is 2.88. The number of nitrogens with one attached hydrogen (secondary N) is 2. The molecule has 7 nitrogen and oxygen atoms in total. The fourth-order valence-electron chi connectivity index (χ4n) is 1.71. The van der Waals surface area contributed by atoms with E-state index in [0.29, 0.717) is 12.4 Å². The van der Waals surface area contributed by atoms with E-state index in [1.54, 1.807) is 31.5 Å². The maximum absolute atomic E-state index is 11.7. The number of furan rings is 1. The minimum atomic E-state index is -0.336. The van der Waals surface area contributed by atoms with Crippen LogP contribution in [0.15, 0.2) is 41.1 Å². The molecule has 22 heavy (non-hydrogen) atoms. The molecule has 2 N–H and O–H groups in total. The van der Waals surface area contributed by atoms with Crippen molar-refractivity contribution in [3.63, 3.8) is 0 Å². The van der Waals surface area contributed by atoms with Gasteiger partial charge in [-0.3, -0.25) is 9.59 Å². The highest BCUT2D eigenvalue weighted by atomic mass is 16.5. The second-order valence-corrected chi connectivity index (χ2v) is 4.47. The Kier molecular flexibility index (Phi) is 5.53. The van der Waals surface area contributed by atoms with Crippen LogP contribution in [0.3, 0.4) is 0 Å². The van der Waals surface area contributed by atoms with Gasteiger partial charge < -0.3 is 19.8 Å². The minimum absolute atomic E-state index is 0.157. The zero-order chi connectivity index (χ0) is 15.8. The molecular formula is C15H17N3O4. The van der Waals surface area contributed by atoms with E-state index in [1.165, 1.54) is 6.26 Å². The largest absolute Gasteiger partial charge is 0.481 e. The summed E-state index contributed by atoms with van der Waals surface area (Å²) in [6.07, 6.45) is 3.25. The third kappa shape index (κ3) is 4.62. The van der Waals surface area contributed by atoms with Crippen molar-refractivity contribution < 1.29 is 18.7 Å². The molecule has 0 saturated heterocycles. The lowest BCUT2D eigenvalue weighted by Gasteiger charge is -2.06. The van der Waals surface area contributed by atoms with Crippen molar-refractivity contribution in [2.75, 3.05) is 13.7 Å². The molecule has 0 atom stereocenters. The van der Waals surface area contributed by atoms with Crippen LogP contribution >= 0.6 is 0 Å². The van der Waals surface area contributed by atoms with E-state index in [9.17, 15) is 9.59 Å². The average Bonchev–Trinajstić information content (AvgIpc) is 3.08. The van der Waals surface area contributed by atoms with Gasteiger partial charge in [0, 0.05) is 31.8 Å². The van der Waals surface area contributed by atoms with Gasteiger partial charge in [0.2, 0.25) is 11.8 Å². The Morgan fingerprint density at radius 1 is 1.27 bits per heavy atom. The average molecular weight is 303 g/mol. The van der Waals surface area contributed by atoms with Crippen LogP contribution in [-0.4, -0.2) is 30.5 Å². The standard InChI is InChI=1S/C15H17N3O4/c1-21-14-5-4-11(10-18-14)9-17-13(19)6-7-16-15(20)12-3-2-8-22-12/h2-5,8,10H,6-7,9H2,1H3,(H,16,20)(H,17,19). The molecule has 0 aliphatic rings. The molecule has 7 heteroatoms. The van der Waals surface area contributed by atoms with Gasteiger partial charge in [-0.2, -0.15) is 0 Å². The highest BCUT2D eigenvalue weighted by Gasteiger charge is 2.08. The summed E-state index contributed by atoms with van der Waals surface area (Å²) in [4.78, 5) is 27.3. The maximum Gasteiger partial charge on any atom is 0.286 e. The Morgan fingerprint density at radius 3 is 2.77 bits per heavy atom. The van der Waals surface area contributed by atoms with Gasteiger partial charge in [0.05, 0.1) is 13.4 Å². The zero-order valence-corrected chi connectivity index (χ0v) is 12.2. The number of pyridine rings is 1. The summed E-state index contributed by atoms with van der Waals surface area (Å²) >= 11 is 0. The van der Waals surface area contributed by atoms with Gasteiger partial charge in [-0.15, -0.1) is 0 Å². The van der Waals surface area contributed by atoms with Crippen LogP contribution in [0.4, 0.5) is 0 Å². The summed E-state index contributed by atoms with van der Waals surface area (Å²) in [5, 5.41) is 5.36. The number of hydrogen-bond donors (Lipinski definition) is 2. The number of ether oxygens (including phenoxy) is 1. The second-order valence-electron chi connectivity index (χ2n) is 4.47. The highest BCUT2D eigenvalue weighted by Crippen LogP contribution is 2.06. The molecule has 116 valence electrons. The van der Waals surface area contributed by atoms with Gasteiger partial charge in [-0.25, -0.2) is 4.98 Å². The van der Waals surface area contributed by atoms with Crippen LogP contribution in [0, 0.1) is 0 Å². The number of methoxy groups -OCH3 is 1. The van der Waals surface area contributed by atoms with Gasteiger partial charge in [0.25, 0.3) is 5.91 Å². The number of hydrogen-bond acceptors (Lipinski definition) is 5. The first-order valence-corrected chi connectivity index (χ1v) is 6.76. The monoisotopic (exact) mass is 303 g/mol. The van der Waals surface area contributed by atoms with Crippen LogP contribution in [0.1, 0.15) is 22.5 Å². The smallest absolute Gasteiger partial charge is 0.286 e. The molecule has 0 spiro atoms. The first kappa shape index (κ1) is 15.6. The van der Waals surface area contributed by atoms with Crippen molar-refractivity contribution in [1.82, 2.24) is 15.6 Å². The highest BCUT2D eigenvalue weighted by molar-refractivity contribution is 5.91. The van der Waals surface area contributed by atoms with Crippen molar-refractivity contribution in [1.29, 1.82) is 0 Å². The van der Waals surface area contributed by atoms with E-state index in [-0.39, 0.29) is 30.5 Å². The number of aromatic nitrogens is 1. The SMILES string of the molecule is COc1ccc(CNC(=O)CCNC(=O)c2ccco2)cn1. The lowest BCUT2D eigenvalue weighted by Crippen LogP contribution is -2.30. The molecule has 0 aliphatic heterocycles. The van der Waals surface area contributed by atoms with Crippen molar-refractivity contribution in [3.05, 3.63) is 48.0 Å². The number of amides is 2. The molecule has 0 fully saturated rings. The normalized spacial score (nSPS) is 10.0. The first-order chi connectivity index (χ1) is 10.7. The summed E-state index contributed by atoms with van der Waals surface area (Å²) < 4.78 is 9.90. The van der Waals surface area contributed by atoms with E-state index in [4.69, 9.17) is 9.15 Å². The summed E-state index contributed by atoms with van der Waals surface area (Å²) in [6.45, 7) is 0.619. The fourth-order valence-corrected chi connectivity index (χ4v) is 1.71. The molecular weight excluding hydrogens is 286 g/mol. The van der Waals surface area contributed by atoms with Crippen LogP contribution in [0.25, 0.3) is 0 Å². The molecule has 0 radical (unpaired) electrons. The quantitative estimate of drug-likeness (QED) is 0.799. The molecule has 2 heterocycles. The molecule has 2 rings (SSSR count). The number of carbonyl (C=O) groups is 2. The lowest BCUT2D eigenvalue weighted by atomic mass is 10.2. The summed E-state index contributed by atoms with van der Waals surface area (Å²) in [6, 6.07) is 6.74. The second kappa shape index (κ2) is 7.82. The number of carbonyl (C=O) groups excluding carboxylic acids is 2. The lowest BCUT2D eigenvalue weighted by molar-refractivity contribution is -0.121. The van der Waals surface area contributed by atoms with E-state index >= 15 is 0 Å². The van der Waals surface area contributed by atoms with Crippen LogP contribution < -0.4 is 15.4 Å². The van der Waals surface area contributed by atoms with Crippen molar-refractivity contribution in [3.8, 4) is 5.88 Å². The van der Waals surface area contributed by atoms with Crippen LogP contribution in [-0.2, 0) is 11.3 Å². The van der Waals surface area contributed by atoms with Crippen molar-refractivity contribution in [2.45, 2.75) is 13.0 Å². The van der Waals surface area contributed by atoms with Crippen LogP contribution in [0.2, 0.25) is 0 Å². The molecule has 0 aromatic carbocycles. The molecule has 2 aromatic rings. The summed E-state index contributed by atoms with van der Waals surface area (Å²) in [7, 11) is 1.54. The van der Waals surface area contributed by atoms with E-state index in [1.807, 2.05) is 6.07 Å². The molecule has 0 bridgehead atoms. The Labute approximate surface area is 127 Å². The topological polar surface area (TPSA) is 93.5 Å². The molecule has 0 aliphatic carbocycles. The summed E-state index contributed by atoms with van der Waals surface area (Å²) in [5.74, 6) is 0.258. The van der Waals surface area contributed by atoms with Gasteiger partial charge in [0.15, 0.2) is 5.76 Å². The fraction of sp³-hybridized carbons (Fsp3) is 0.267. The molecule has 0 unspecified atom stereocenters. The predicted molar refractivity (Wildman–Crippen MR) is 78.3 cm³/mol. The molecule has 0 saturated carbocycles. The Bertz CT molecular complexity index is 608. The first-order valence-electron chi connectivity index (χ1n) is 6.76. The Balaban J connectivity index is 1.66. The minimum Gasteiger partial charge on any atom is -0.481 e. The van der Waals surface area contributed by atoms with E-state index in [2.05, 4.69) is 15.6 Å². The Morgan fingerprint density at radius 2 is 2.14 bits per heavy atom. The van der Waals surface area contributed by atoms with E-state index in [0.717, 1.165) is 5.56 Å². The van der Waals surface area contributed by atoms with Gasteiger partial charge >= 0.3 is 0 Å². The third-order valence-corrected chi connectivity index (χ3v) is 2.88. The zero-order valence-electron chi connectivity index (χ0n) is 12.2. The molecule has 2 amide bonds. The van der Waals surface area contributed by atoms with Crippen LogP contribution in [0.5, 0.6) is 5.88 Å². The van der Waals surface area contributed by atoms with Gasteiger partial charge in [0.1, 0.15) is 0 Å². The number of nitrogens with zero attached hydrogens (tertiary/aromatic N) is 1. The Hall–Kier alpha value is -2.83. The number of rotatable bonds is 7.